The minimum absolute atomic E-state index is 0.0897. The third-order valence-electron chi connectivity index (χ3n) is 2.04. The van der Waals surface area contributed by atoms with E-state index in [-0.39, 0.29) is 6.04 Å². The fraction of sp³-hybridized carbons (Fsp3) is 0.400. The molecule has 0 aromatic heterocycles. The number of rotatable bonds is 2. The van der Waals surface area contributed by atoms with E-state index in [0.717, 1.165) is 14.5 Å². The smallest absolute Gasteiger partial charge is 0.0329 e. The van der Waals surface area contributed by atoms with Crippen LogP contribution in [0.2, 0.25) is 0 Å². The van der Waals surface area contributed by atoms with E-state index in [2.05, 4.69) is 51.8 Å². The third-order valence-corrected chi connectivity index (χ3v) is 3.25. The molecule has 13 heavy (non-hydrogen) atoms. The van der Waals surface area contributed by atoms with Gasteiger partial charge in [0.1, 0.15) is 0 Å². The van der Waals surface area contributed by atoms with Gasteiger partial charge in [-0.1, -0.05) is 45.7 Å². The van der Waals surface area contributed by atoms with Crippen molar-refractivity contribution in [3.63, 3.8) is 0 Å². The Hall–Kier alpha value is 0.140. The van der Waals surface area contributed by atoms with Gasteiger partial charge in [-0.25, -0.2) is 0 Å². The Morgan fingerprint density at radius 2 is 1.85 bits per heavy atom. The maximum absolute atomic E-state index is 6.06. The first-order valence-electron chi connectivity index (χ1n) is 4.23. The zero-order valence-corrected chi connectivity index (χ0v) is 10.9. The van der Waals surface area contributed by atoms with E-state index in [4.69, 9.17) is 5.73 Å². The van der Waals surface area contributed by atoms with Gasteiger partial charge in [-0.2, -0.15) is 0 Å². The van der Waals surface area contributed by atoms with Gasteiger partial charge in [0, 0.05) is 15.0 Å². The van der Waals surface area contributed by atoms with Crippen LogP contribution in [-0.2, 0) is 0 Å². The van der Waals surface area contributed by atoms with Crippen molar-refractivity contribution in [2.24, 2.45) is 11.7 Å². The van der Waals surface area contributed by atoms with Crippen LogP contribution in [0, 0.1) is 5.92 Å². The van der Waals surface area contributed by atoms with Crippen molar-refractivity contribution in [3.8, 4) is 0 Å². The van der Waals surface area contributed by atoms with E-state index >= 15 is 0 Å². The molecule has 0 saturated carbocycles. The van der Waals surface area contributed by atoms with E-state index in [1.165, 1.54) is 0 Å². The maximum atomic E-state index is 6.06. The standard InChI is InChI=1S/C10H13Br2N/c1-6(2)10(13)8-5-7(11)3-4-9(8)12/h3-6,10H,13H2,1-2H3. The SMILES string of the molecule is CC(C)C(N)c1cc(Br)ccc1Br. The zero-order valence-electron chi connectivity index (χ0n) is 7.72. The Bertz CT molecular complexity index is 297. The van der Waals surface area contributed by atoms with Crippen molar-refractivity contribution in [2.45, 2.75) is 19.9 Å². The van der Waals surface area contributed by atoms with Gasteiger partial charge >= 0.3 is 0 Å². The summed E-state index contributed by atoms with van der Waals surface area (Å²) < 4.78 is 2.15. The molecule has 0 fully saturated rings. The molecule has 0 aliphatic rings. The van der Waals surface area contributed by atoms with E-state index in [0.29, 0.717) is 5.92 Å². The fourth-order valence-corrected chi connectivity index (χ4v) is 2.02. The van der Waals surface area contributed by atoms with E-state index in [1.807, 2.05) is 12.1 Å². The van der Waals surface area contributed by atoms with Crippen LogP contribution in [0.25, 0.3) is 0 Å². The number of hydrogen-bond acceptors (Lipinski definition) is 1. The Morgan fingerprint density at radius 3 is 2.38 bits per heavy atom. The van der Waals surface area contributed by atoms with Crippen molar-refractivity contribution in [1.29, 1.82) is 0 Å². The molecular weight excluding hydrogens is 294 g/mol. The maximum Gasteiger partial charge on any atom is 0.0329 e. The lowest BCUT2D eigenvalue weighted by Gasteiger charge is -2.17. The molecule has 0 amide bonds. The molecule has 1 unspecified atom stereocenters. The van der Waals surface area contributed by atoms with E-state index in [9.17, 15) is 0 Å². The van der Waals surface area contributed by atoms with Crippen LogP contribution in [0.4, 0.5) is 0 Å². The van der Waals surface area contributed by atoms with Gasteiger partial charge in [-0.05, 0) is 29.7 Å². The van der Waals surface area contributed by atoms with Gasteiger partial charge in [-0.3, -0.25) is 0 Å². The molecule has 0 saturated heterocycles. The highest BCUT2D eigenvalue weighted by Gasteiger charge is 2.13. The molecule has 0 radical (unpaired) electrons. The lowest BCUT2D eigenvalue weighted by Crippen LogP contribution is -2.17. The van der Waals surface area contributed by atoms with Crippen molar-refractivity contribution in [3.05, 3.63) is 32.7 Å². The average molecular weight is 307 g/mol. The second kappa shape index (κ2) is 4.58. The normalized spacial score (nSPS) is 13.4. The molecule has 72 valence electrons. The molecule has 2 N–H and O–H groups in total. The first-order valence-corrected chi connectivity index (χ1v) is 5.81. The number of benzene rings is 1. The first kappa shape index (κ1) is 11.2. The predicted molar refractivity (Wildman–Crippen MR) is 63.6 cm³/mol. The molecule has 1 atom stereocenters. The summed E-state index contributed by atoms with van der Waals surface area (Å²) in [7, 11) is 0. The van der Waals surface area contributed by atoms with Crippen LogP contribution < -0.4 is 5.73 Å². The van der Waals surface area contributed by atoms with E-state index < -0.39 is 0 Å². The van der Waals surface area contributed by atoms with Crippen molar-refractivity contribution in [1.82, 2.24) is 0 Å². The first-order chi connectivity index (χ1) is 6.02. The molecule has 0 bridgehead atoms. The largest absolute Gasteiger partial charge is 0.324 e. The highest BCUT2D eigenvalue weighted by molar-refractivity contribution is 9.11. The summed E-state index contributed by atoms with van der Waals surface area (Å²) in [6.45, 7) is 4.25. The Labute approximate surface area is 96.0 Å². The summed E-state index contributed by atoms with van der Waals surface area (Å²) in [5, 5.41) is 0. The molecule has 0 spiro atoms. The van der Waals surface area contributed by atoms with Crippen LogP contribution in [0.5, 0.6) is 0 Å². The van der Waals surface area contributed by atoms with Gasteiger partial charge in [-0.15, -0.1) is 0 Å². The lowest BCUT2D eigenvalue weighted by atomic mass is 9.97. The summed E-state index contributed by atoms with van der Waals surface area (Å²) in [5.41, 5.74) is 7.21. The van der Waals surface area contributed by atoms with Crippen LogP contribution in [0.1, 0.15) is 25.5 Å². The van der Waals surface area contributed by atoms with E-state index in [1.54, 1.807) is 0 Å². The Morgan fingerprint density at radius 1 is 1.23 bits per heavy atom. The molecule has 3 heteroatoms. The predicted octanol–water partition coefficient (Wildman–Crippen LogP) is 3.87. The van der Waals surface area contributed by atoms with Gasteiger partial charge in [0.15, 0.2) is 0 Å². The molecule has 1 nitrogen and oxygen atoms in total. The molecule has 1 rings (SSSR count). The minimum Gasteiger partial charge on any atom is -0.324 e. The van der Waals surface area contributed by atoms with Crippen LogP contribution in [0.15, 0.2) is 27.1 Å². The monoisotopic (exact) mass is 305 g/mol. The molecule has 0 aliphatic carbocycles. The van der Waals surface area contributed by atoms with Crippen LogP contribution >= 0.6 is 31.9 Å². The molecular formula is C10H13Br2N. The minimum atomic E-state index is 0.0897. The summed E-state index contributed by atoms with van der Waals surface area (Å²) in [6.07, 6.45) is 0. The molecule has 0 heterocycles. The van der Waals surface area contributed by atoms with Crippen molar-refractivity contribution < 1.29 is 0 Å². The van der Waals surface area contributed by atoms with Crippen LogP contribution in [0.3, 0.4) is 0 Å². The van der Waals surface area contributed by atoms with Gasteiger partial charge in [0.05, 0.1) is 0 Å². The van der Waals surface area contributed by atoms with Crippen molar-refractivity contribution >= 4 is 31.9 Å². The second-order valence-corrected chi connectivity index (χ2v) is 5.21. The van der Waals surface area contributed by atoms with Crippen molar-refractivity contribution in [2.75, 3.05) is 0 Å². The molecule has 1 aromatic rings. The topological polar surface area (TPSA) is 26.0 Å². The summed E-state index contributed by atoms with van der Waals surface area (Å²) in [4.78, 5) is 0. The fourth-order valence-electron chi connectivity index (χ4n) is 1.13. The Kier molecular flexibility index (Phi) is 3.95. The third kappa shape index (κ3) is 2.79. The van der Waals surface area contributed by atoms with Gasteiger partial charge in [0.2, 0.25) is 0 Å². The number of halogens is 2. The highest BCUT2D eigenvalue weighted by Crippen LogP contribution is 2.29. The van der Waals surface area contributed by atoms with Gasteiger partial charge in [0.25, 0.3) is 0 Å². The number of nitrogens with two attached hydrogens (primary N) is 1. The average Bonchev–Trinajstić information content (AvgIpc) is 2.08. The zero-order chi connectivity index (χ0) is 10.0. The second-order valence-electron chi connectivity index (χ2n) is 3.44. The number of hydrogen-bond donors (Lipinski definition) is 1. The summed E-state index contributed by atoms with van der Waals surface area (Å²) in [5.74, 6) is 0.450. The lowest BCUT2D eigenvalue weighted by molar-refractivity contribution is 0.512. The molecule has 1 aromatic carbocycles. The molecule has 0 aliphatic heterocycles. The van der Waals surface area contributed by atoms with Crippen LogP contribution in [-0.4, -0.2) is 0 Å². The summed E-state index contributed by atoms with van der Waals surface area (Å²) >= 11 is 6.94. The Balaban J connectivity index is 3.05. The quantitative estimate of drug-likeness (QED) is 0.882. The highest BCUT2D eigenvalue weighted by atomic mass is 79.9. The summed E-state index contributed by atoms with van der Waals surface area (Å²) in [6, 6.07) is 6.17. The van der Waals surface area contributed by atoms with Gasteiger partial charge < -0.3 is 5.73 Å².